The van der Waals surface area contributed by atoms with Crippen LogP contribution < -0.4 is 4.74 Å². The molecule has 4 rings (SSSR count). The fraction of sp³-hybridized carbons (Fsp3) is 0.400. The van der Waals surface area contributed by atoms with E-state index < -0.39 is 0 Å². The van der Waals surface area contributed by atoms with Crippen LogP contribution >= 0.6 is 0 Å². The molecule has 3 nitrogen and oxygen atoms in total. The third-order valence-electron chi connectivity index (χ3n) is 7.97. The van der Waals surface area contributed by atoms with Gasteiger partial charge in [-0.2, -0.15) is 0 Å². The zero-order chi connectivity index (χ0) is 26.7. The maximum absolute atomic E-state index is 14.5. The van der Waals surface area contributed by atoms with Crippen LogP contribution in [0.1, 0.15) is 93.5 Å². The molecule has 1 amide bonds. The number of methoxy groups -OCH3 is 1. The second-order valence-corrected chi connectivity index (χ2v) is 10.6. The van der Waals surface area contributed by atoms with Gasteiger partial charge in [-0.3, -0.25) is 4.79 Å². The highest BCUT2D eigenvalue weighted by Gasteiger charge is 2.40. The monoisotopic (exact) mass is 509 g/mol. The molecule has 38 heavy (non-hydrogen) atoms. The molecule has 0 spiro atoms. The Morgan fingerprint density at radius 2 is 1.42 bits per heavy atom. The zero-order valence-electron chi connectivity index (χ0n) is 23.3. The number of hydrogen-bond donors (Lipinski definition) is 0. The summed E-state index contributed by atoms with van der Waals surface area (Å²) in [4.78, 5) is 16.7. The number of carbonyl (C=O) groups is 1. The molecule has 3 aromatic carbocycles. The molecule has 0 radical (unpaired) electrons. The summed E-state index contributed by atoms with van der Waals surface area (Å²) < 4.78 is 5.32. The normalized spacial score (nSPS) is 19.0. The van der Waals surface area contributed by atoms with Crippen LogP contribution in [0.15, 0.2) is 97.1 Å². The number of nitrogens with zero attached hydrogens (tertiary/aromatic N) is 1. The van der Waals surface area contributed by atoms with E-state index in [0.717, 1.165) is 31.4 Å². The quantitative estimate of drug-likeness (QED) is 0.180. The standard InChI is InChI=1S/C35H43NO2/c1-4-5-6-9-18-31(20-19-27(2)28-21-23-32(38-3)24-22-28)35(37)36-33(29-14-10-7-11-15-29)25-26-34(36)30-16-12-8-13-17-30/h7-8,10-17,19-24,27,31,33-34H,4-6,9,18,25-26H2,1-3H3/b20-19-/t27-,31-,33+,34+/m1/s1. The molecular formula is C35H43NO2. The van der Waals surface area contributed by atoms with Crippen LogP contribution in [0.2, 0.25) is 0 Å². The molecular weight excluding hydrogens is 466 g/mol. The van der Waals surface area contributed by atoms with E-state index in [0.29, 0.717) is 0 Å². The highest BCUT2D eigenvalue weighted by atomic mass is 16.5. The van der Waals surface area contributed by atoms with Gasteiger partial charge in [0.1, 0.15) is 5.75 Å². The van der Waals surface area contributed by atoms with E-state index in [1.165, 1.54) is 36.0 Å². The minimum absolute atomic E-state index is 0.111. The van der Waals surface area contributed by atoms with Gasteiger partial charge in [0.15, 0.2) is 0 Å². The second-order valence-electron chi connectivity index (χ2n) is 10.6. The minimum Gasteiger partial charge on any atom is -0.497 e. The Kier molecular flexibility index (Phi) is 10.2. The molecule has 3 aromatic rings. The summed E-state index contributed by atoms with van der Waals surface area (Å²) in [5.74, 6) is 1.23. The molecule has 3 heteroatoms. The van der Waals surface area contributed by atoms with E-state index in [9.17, 15) is 4.79 Å². The van der Waals surface area contributed by atoms with Crippen molar-refractivity contribution >= 4 is 5.91 Å². The first-order valence-corrected chi connectivity index (χ1v) is 14.4. The van der Waals surface area contributed by atoms with E-state index in [1.807, 2.05) is 12.1 Å². The fourth-order valence-corrected chi connectivity index (χ4v) is 5.73. The average molecular weight is 510 g/mol. The summed E-state index contributed by atoms with van der Waals surface area (Å²) in [7, 11) is 1.69. The Morgan fingerprint density at radius 1 is 0.842 bits per heavy atom. The summed E-state index contributed by atoms with van der Waals surface area (Å²) in [6, 6.07) is 29.6. The third-order valence-corrected chi connectivity index (χ3v) is 7.97. The van der Waals surface area contributed by atoms with Gasteiger partial charge in [-0.1, -0.05) is 124 Å². The van der Waals surface area contributed by atoms with Crippen LogP contribution in [-0.4, -0.2) is 17.9 Å². The number of unbranched alkanes of at least 4 members (excludes halogenated alkanes) is 3. The Labute approximate surface area is 229 Å². The molecule has 200 valence electrons. The van der Waals surface area contributed by atoms with Crippen molar-refractivity contribution in [2.45, 2.75) is 76.8 Å². The largest absolute Gasteiger partial charge is 0.497 e. The number of hydrogen-bond acceptors (Lipinski definition) is 2. The van der Waals surface area contributed by atoms with Crippen molar-refractivity contribution in [2.24, 2.45) is 5.92 Å². The zero-order valence-corrected chi connectivity index (χ0v) is 23.3. The number of ether oxygens (including phenoxy) is 1. The number of rotatable bonds is 12. The Morgan fingerprint density at radius 3 is 1.95 bits per heavy atom. The van der Waals surface area contributed by atoms with Gasteiger partial charge in [0.05, 0.1) is 25.1 Å². The predicted molar refractivity (Wildman–Crippen MR) is 157 cm³/mol. The van der Waals surface area contributed by atoms with Crippen molar-refractivity contribution in [3.8, 4) is 5.75 Å². The lowest BCUT2D eigenvalue weighted by atomic mass is 9.93. The van der Waals surface area contributed by atoms with Crippen molar-refractivity contribution in [1.82, 2.24) is 4.90 Å². The van der Waals surface area contributed by atoms with Gasteiger partial charge in [0, 0.05) is 0 Å². The van der Waals surface area contributed by atoms with E-state index in [1.54, 1.807) is 7.11 Å². The lowest BCUT2D eigenvalue weighted by Crippen LogP contribution is -2.37. The lowest BCUT2D eigenvalue weighted by molar-refractivity contribution is -0.137. The van der Waals surface area contributed by atoms with Crippen LogP contribution in [0.25, 0.3) is 0 Å². The molecule has 0 aliphatic carbocycles. The van der Waals surface area contributed by atoms with Crippen LogP contribution in [0.5, 0.6) is 5.75 Å². The summed E-state index contributed by atoms with van der Waals surface area (Å²) in [5.41, 5.74) is 3.70. The molecule has 0 unspecified atom stereocenters. The van der Waals surface area contributed by atoms with Gasteiger partial charge < -0.3 is 9.64 Å². The van der Waals surface area contributed by atoms with Gasteiger partial charge in [-0.15, -0.1) is 0 Å². The molecule has 1 aliphatic heterocycles. The van der Waals surface area contributed by atoms with Crippen LogP contribution in [0.3, 0.4) is 0 Å². The molecule has 1 aliphatic rings. The highest BCUT2D eigenvalue weighted by molar-refractivity contribution is 5.82. The number of carbonyl (C=O) groups excluding carboxylic acids is 1. The number of allylic oxidation sites excluding steroid dienone is 1. The molecule has 0 bridgehead atoms. The number of benzene rings is 3. The second kappa shape index (κ2) is 14.0. The molecule has 0 N–H and O–H groups in total. The van der Waals surface area contributed by atoms with Crippen molar-refractivity contribution < 1.29 is 9.53 Å². The van der Waals surface area contributed by atoms with E-state index in [4.69, 9.17) is 4.74 Å². The summed E-state index contributed by atoms with van der Waals surface area (Å²) >= 11 is 0. The topological polar surface area (TPSA) is 29.5 Å². The van der Waals surface area contributed by atoms with E-state index in [2.05, 4.69) is 104 Å². The Hall–Kier alpha value is -3.33. The van der Waals surface area contributed by atoms with Gasteiger partial charge in [0.25, 0.3) is 0 Å². The maximum Gasteiger partial charge on any atom is 0.230 e. The molecule has 1 saturated heterocycles. The lowest BCUT2D eigenvalue weighted by Gasteiger charge is -2.34. The van der Waals surface area contributed by atoms with Crippen LogP contribution in [0.4, 0.5) is 0 Å². The SMILES string of the molecule is CCCCCC[C@H](/C=C\[C@@H](C)c1ccc(OC)cc1)C(=O)N1[C@H](c2ccccc2)CC[C@H]1c1ccccc1. The van der Waals surface area contributed by atoms with Crippen LogP contribution in [0, 0.1) is 5.92 Å². The third kappa shape index (κ3) is 6.95. The van der Waals surface area contributed by atoms with E-state index >= 15 is 0 Å². The minimum atomic E-state index is -0.122. The molecule has 0 saturated carbocycles. The van der Waals surface area contributed by atoms with Gasteiger partial charge in [0.2, 0.25) is 5.91 Å². The molecule has 1 fully saturated rings. The molecule has 4 atom stereocenters. The van der Waals surface area contributed by atoms with Crippen LogP contribution in [-0.2, 0) is 4.79 Å². The number of likely N-dealkylation sites (tertiary alicyclic amines) is 1. The summed E-state index contributed by atoms with van der Waals surface area (Å²) in [5, 5.41) is 0. The average Bonchev–Trinajstić information content (AvgIpc) is 3.42. The van der Waals surface area contributed by atoms with Gasteiger partial charge in [-0.05, 0) is 54.0 Å². The summed E-state index contributed by atoms with van der Waals surface area (Å²) in [6.45, 7) is 4.44. The van der Waals surface area contributed by atoms with Crippen molar-refractivity contribution in [2.75, 3.05) is 7.11 Å². The summed E-state index contributed by atoms with van der Waals surface area (Å²) in [6.07, 6.45) is 12.0. The van der Waals surface area contributed by atoms with Crippen molar-refractivity contribution in [1.29, 1.82) is 0 Å². The van der Waals surface area contributed by atoms with Gasteiger partial charge in [-0.25, -0.2) is 0 Å². The van der Waals surface area contributed by atoms with Gasteiger partial charge >= 0.3 is 0 Å². The smallest absolute Gasteiger partial charge is 0.230 e. The number of amides is 1. The van der Waals surface area contributed by atoms with Crippen molar-refractivity contribution in [3.63, 3.8) is 0 Å². The first kappa shape index (κ1) is 27.7. The molecule has 0 aromatic heterocycles. The van der Waals surface area contributed by atoms with Crippen molar-refractivity contribution in [3.05, 3.63) is 114 Å². The Balaban J connectivity index is 1.61. The van der Waals surface area contributed by atoms with E-state index in [-0.39, 0.29) is 29.8 Å². The first-order valence-electron chi connectivity index (χ1n) is 14.4. The molecule has 1 heterocycles. The highest BCUT2D eigenvalue weighted by Crippen LogP contribution is 2.45. The Bertz CT molecular complexity index is 1090. The maximum atomic E-state index is 14.5. The fourth-order valence-electron chi connectivity index (χ4n) is 5.73. The first-order chi connectivity index (χ1) is 18.6. The predicted octanol–water partition coefficient (Wildman–Crippen LogP) is 9.05.